The number of ether oxygens (including phenoxy) is 2. The summed E-state index contributed by atoms with van der Waals surface area (Å²) in [6, 6.07) is 11.8. The summed E-state index contributed by atoms with van der Waals surface area (Å²) in [5.41, 5.74) is 4.13. The van der Waals surface area contributed by atoms with Gasteiger partial charge >= 0.3 is 0 Å². The van der Waals surface area contributed by atoms with E-state index in [2.05, 4.69) is 67.9 Å². The predicted octanol–water partition coefficient (Wildman–Crippen LogP) is 4.67. The van der Waals surface area contributed by atoms with Crippen molar-refractivity contribution < 1.29 is 14.3 Å². The van der Waals surface area contributed by atoms with Crippen LogP contribution in [0.3, 0.4) is 0 Å². The van der Waals surface area contributed by atoms with Gasteiger partial charge in [0.05, 0.1) is 31.8 Å². The molecule has 35 heavy (non-hydrogen) atoms. The Hall–Kier alpha value is -2.88. The molecule has 2 heterocycles. The summed E-state index contributed by atoms with van der Waals surface area (Å²) in [5, 5.41) is 3.10. The maximum absolute atomic E-state index is 12.9. The zero-order chi connectivity index (χ0) is 24.6. The SMILES string of the molecule is COc1ccc(C(=O)NCC2CCN(c3cncnc3)CC2)cc1OCCc1ccc(I)cc1C. The first-order chi connectivity index (χ1) is 17.0. The Balaban J connectivity index is 1.29. The van der Waals surface area contributed by atoms with Crippen molar-refractivity contribution in [3.63, 3.8) is 0 Å². The van der Waals surface area contributed by atoms with E-state index in [4.69, 9.17) is 9.47 Å². The summed E-state index contributed by atoms with van der Waals surface area (Å²) in [7, 11) is 1.61. The van der Waals surface area contributed by atoms with E-state index in [9.17, 15) is 4.79 Å². The number of rotatable bonds is 9. The summed E-state index contributed by atoms with van der Waals surface area (Å²) in [4.78, 5) is 23.4. The highest BCUT2D eigenvalue weighted by molar-refractivity contribution is 14.1. The molecule has 0 bridgehead atoms. The zero-order valence-corrected chi connectivity index (χ0v) is 22.3. The first kappa shape index (κ1) is 25.2. The summed E-state index contributed by atoms with van der Waals surface area (Å²) < 4.78 is 12.7. The number of aryl methyl sites for hydroxylation is 1. The summed E-state index contributed by atoms with van der Waals surface area (Å²) in [6.45, 7) is 5.16. The Morgan fingerprint density at radius 1 is 1.11 bits per heavy atom. The number of carbonyl (C=O) groups excluding carboxylic acids is 1. The van der Waals surface area contributed by atoms with Crippen molar-refractivity contribution in [3.8, 4) is 11.5 Å². The van der Waals surface area contributed by atoms with Gasteiger partial charge in [-0.25, -0.2) is 9.97 Å². The molecule has 0 radical (unpaired) electrons. The number of benzene rings is 2. The number of aromatic nitrogens is 2. The average Bonchev–Trinajstić information content (AvgIpc) is 2.89. The highest BCUT2D eigenvalue weighted by atomic mass is 127. The fourth-order valence-electron chi connectivity index (χ4n) is 4.33. The standard InChI is InChI=1S/C27H31IN4O3/c1-19-13-23(28)5-3-21(19)9-12-35-26-14-22(4-6-25(26)34-2)27(33)31-15-20-7-10-32(11-8-20)24-16-29-18-30-17-24/h3-6,13-14,16-18,20H,7-12,15H2,1-2H3,(H,31,33). The molecular weight excluding hydrogens is 555 g/mol. The number of hydrogen-bond donors (Lipinski definition) is 1. The zero-order valence-electron chi connectivity index (χ0n) is 20.2. The molecular formula is C27H31IN4O3. The second kappa shape index (κ2) is 12.2. The van der Waals surface area contributed by atoms with Gasteiger partial charge in [-0.2, -0.15) is 0 Å². The molecule has 0 spiro atoms. The fraction of sp³-hybridized carbons (Fsp3) is 0.370. The lowest BCUT2D eigenvalue weighted by Gasteiger charge is -2.33. The lowest BCUT2D eigenvalue weighted by Crippen LogP contribution is -2.38. The topological polar surface area (TPSA) is 76.6 Å². The molecule has 1 fully saturated rings. The van der Waals surface area contributed by atoms with E-state index < -0.39 is 0 Å². The van der Waals surface area contributed by atoms with E-state index in [-0.39, 0.29) is 5.91 Å². The first-order valence-corrected chi connectivity index (χ1v) is 13.0. The maximum Gasteiger partial charge on any atom is 0.251 e. The average molecular weight is 586 g/mol. The Bertz CT molecular complexity index is 1130. The Kier molecular flexibility index (Phi) is 8.79. The van der Waals surface area contributed by atoms with Crippen molar-refractivity contribution >= 4 is 34.2 Å². The second-order valence-electron chi connectivity index (χ2n) is 8.77. The maximum atomic E-state index is 12.9. The van der Waals surface area contributed by atoms with Crippen molar-refractivity contribution in [1.82, 2.24) is 15.3 Å². The lowest BCUT2D eigenvalue weighted by molar-refractivity contribution is 0.0944. The van der Waals surface area contributed by atoms with Crippen molar-refractivity contribution in [1.29, 1.82) is 0 Å². The molecule has 7 nitrogen and oxygen atoms in total. The second-order valence-corrected chi connectivity index (χ2v) is 10.0. The number of nitrogens with zero attached hydrogens (tertiary/aromatic N) is 3. The monoisotopic (exact) mass is 586 g/mol. The quantitative estimate of drug-likeness (QED) is 0.368. The molecule has 4 rings (SSSR count). The molecule has 0 unspecified atom stereocenters. The van der Waals surface area contributed by atoms with Gasteiger partial charge < -0.3 is 19.7 Å². The minimum Gasteiger partial charge on any atom is -0.493 e. The van der Waals surface area contributed by atoms with Gasteiger partial charge in [-0.3, -0.25) is 4.79 Å². The minimum absolute atomic E-state index is 0.0927. The van der Waals surface area contributed by atoms with Crippen LogP contribution in [-0.4, -0.2) is 49.2 Å². The Morgan fingerprint density at radius 2 is 1.89 bits per heavy atom. The van der Waals surface area contributed by atoms with E-state index in [1.54, 1.807) is 31.6 Å². The van der Waals surface area contributed by atoms with Crippen molar-refractivity contribution in [2.75, 3.05) is 38.3 Å². The molecule has 184 valence electrons. The molecule has 1 amide bonds. The number of amides is 1. The smallest absolute Gasteiger partial charge is 0.251 e. The van der Waals surface area contributed by atoms with Crippen LogP contribution in [0, 0.1) is 16.4 Å². The lowest BCUT2D eigenvalue weighted by atomic mass is 9.96. The number of nitrogens with one attached hydrogen (secondary N) is 1. The molecule has 1 saturated heterocycles. The van der Waals surface area contributed by atoms with Crippen LogP contribution in [0.25, 0.3) is 0 Å². The highest BCUT2D eigenvalue weighted by Crippen LogP contribution is 2.29. The number of hydrogen-bond acceptors (Lipinski definition) is 6. The van der Waals surface area contributed by atoms with Crippen LogP contribution in [0.2, 0.25) is 0 Å². The van der Waals surface area contributed by atoms with Crippen LogP contribution < -0.4 is 19.7 Å². The predicted molar refractivity (Wildman–Crippen MR) is 145 cm³/mol. The van der Waals surface area contributed by atoms with E-state index in [1.807, 2.05) is 12.4 Å². The summed E-state index contributed by atoms with van der Waals surface area (Å²) in [6.07, 6.45) is 8.07. The molecule has 8 heteroatoms. The van der Waals surface area contributed by atoms with Crippen LogP contribution >= 0.6 is 22.6 Å². The van der Waals surface area contributed by atoms with Crippen molar-refractivity contribution in [3.05, 3.63) is 75.4 Å². The molecule has 3 aromatic rings. The van der Waals surface area contributed by atoms with Gasteiger partial charge in [-0.15, -0.1) is 0 Å². The van der Waals surface area contributed by atoms with Gasteiger partial charge in [0.1, 0.15) is 6.33 Å². The number of anilines is 1. The van der Waals surface area contributed by atoms with Gasteiger partial charge in [0.2, 0.25) is 0 Å². The third-order valence-corrected chi connectivity index (χ3v) is 7.11. The molecule has 0 saturated carbocycles. The molecule has 0 aliphatic carbocycles. The Labute approximate surface area is 220 Å². The molecule has 2 aromatic carbocycles. The summed E-state index contributed by atoms with van der Waals surface area (Å²) in [5.74, 6) is 1.57. The molecule has 1 aliphatic heterocycles. The van der Waals surface area contributed by atoms with Gasteiger partial charge in [0, 0.05) is 35.2 Å². The van der Waals surface area contributed by atoms with Gasteiger partial charge in [0.25, 0.3) is 5.91 Å². The number of halogens is 1. The Morgan fingerprint density at radius 3 is 2.60 bits per heavy atom. The van der Waals surface area contributed by atoms with Crippen LogP contribution in [0.5, 0.6) is 11.5 Å². The van der Waals surface area contributed by atoms with Gasteiger partial charge in [0.15, 0.2) is 11.5 Å². The highest BCUT2D eigenvalue weighted by Gasteiger charge is 2.21. The third-order valence-electron chi connectivity index (χ3n) is 6.44. The number of methoxy groups -OCH3 is 1. The van der Waals surface area contributed by atoms with Gasteiger partial charge in [-0.1, -0.05) is 6.07 Å². The minimum atomic E-state index is -0.0927. The van der Waals surface area contributed by atoms with Crippen LogP contribution in [-0.2, 0) is 6.42 Å². The largest absolute Gasteiger partial charge is 0.493 e. The van der Waals surface area contributed by atoms with Crippen molar-refractivity contribution in [2.24, 2.45) is 5.92 Å². The number of piperidine rings is 1. The van der Waals surface area contributed by atoms with E-state index in [0.717, 1.165) is 38.0 Å². The van der Waals surface area contributed by atoms with Crippen LogP contribution in [0.15, 0.2) is 55.1 Å². The fourth-order valence-corrected chi connectivity index (χ4v) is 4.98. The van der Waals surface area contributed by atoms with Crippen molar-refractivity contribution in [2.45, 2.75) is 26.2 Å². The van der Waals surface area contributed by atoms with Crippen LogP contribution in [0.4, 0.5) is 5.69 Å². The third kappa shape index (κ3) is 6.84. The normalized spacial score (nSPS) is 14.0. The number of carbonyl (C=O) groups is 1. The van der Waals surface area contributed by atoms with E-state index >= 15 is 0 Å². The van der Waals surface area contributed by atoms with E-state index in [0.29, 0.717) is 36.1 Å². The first-order valence-electron chi connectivity index (χ1n) is 11.9. The molecule has 0 atom stereocenters. The molecule has 1 aliphatic rings. The summed E-state index contributed by atoms with van der Waals surface area (Å²) >= 11 is 2.32. The van der Waals surface area contributed by atoms with E-state index in [1.165, 1.54) is 14.7 Å². The van der Waals surface area contributed by atoms with Gasteiger partial charge in [-0.05, 0) is 89.7 Å². The van der Waals surface area contributed by atoms with Crippen LogP contribution in [0.1, 0.15) is 34.3 Å². The molecule has 1 N–H and O–H groups in total. The molecule has 1 aromatic heterocycles.